The van der Waals surface area contributed by atoms with E-state index in [-0.39, 0.29) is 17.2 Å². The maximum absolute atomic E-state index is 12.6. The van der Waals surface area contributed by atoms with Gasteiger partial charge in [-0.15, -0.1) is 5.10 Å². The smallest absolute Gasteiger partial charge is 0.268 e. The SMILES string of the molecule is CC1C(=O)NCCN1C(=O)c1snnc1C(C)(C)C. The van der Waals surface area contributed by atoms with Crippen LogP contribution in [-0.4, -0.2) is 45.4 Å². The van der Waals surface area contributed by atoms with Crippen molar-refractivity contribution in [1.82, 2.24) is 19.8 Å². The highest BCUT2D eigenvalue weighted by Gasteiger charge is 2.34. The van der Waals surface area contributed by atoms with Crippen LogP contribution in [0.25, 0.3) is 0 Å². The van der Waals surface area contributed by atoms with Gasteiger partial charge >= 0.3 is 0 Å². The molecule has 2 heterocycles. The second-order valence-corrected chi connectivity index (χ2v) is 6.42. The van der Waals surface area contributed by atoms with Gasteiger partial charge in [-0.2, -0.15) is 0 Å². The lowest BCUT2D eigenvalue weighted by Crippen LogP contribution is -2.55. The van der Waals surface area contributed by atoms with Crippen molar-refractivity contribution in [3.8, 4) is 0 Å². The molecule has 1 unspecified atom stereocenters. The van der Waals surface area contributed by atoms with Gasteiger partial charge in [-0.25, -0.2) is 0 Å². The highest BCUT2D eigenvalue weighted by Crippen LogP contribution is 2.27. The van der Waals surface area contributed by atoms with E-state index < -0.39 is 6.04 Å². The van der Waals surface area contributed by atoms with E-state index in [1.807, 2.05) is 20.8 Å². The van der Waals surface area contributed by atoms with Crippen LogP contribution in [0.15, 0.2) is 0 Å². The van der Waals surface area contributed by atoms with Gasteiger partial charge in [0.2, 0.25) is 5.91 Å². The summed E-state index contributed by atoms with van der Waals surface area (Å²) in [6.45, 7) is 8.73. The fourth-order valence-electron chi connectivity index (χ4n) is 2.01. The van der Waals surface area contributed by atoms with Crippen LogP contribution in [0.3, 0.4) is 0 Å². The van der Waals surface area contributed by atoms with Crippen LogP contribution < -0.4 is 5.32 Å². The summed E-state index contributed by atoms with van der Waals surface area (Å²) in [4.78, 5) is 26.3. The molecule has 6 nitrogen and oxygen atoms in total. The summed E-state index contributed by atoms with van der Waals surface area (Å²) in [6.07, 6.45) is 0. The molecule has 2 rings (SSSR count). The first-order valence-corrected chi connectivity index (χ1v) is 7.01. The van der Waals surface area contributed by atoms with Gasteiger partial charge in [0.25, 0.3) is 5.91 Å². The highest BCUT2D eigenvalue weighted by atomic mass is 32.1. The van der Waals surface area contributed by atoms with Crippen molar-refractivity contribution in [2.75, 3.05) is 13.1 Å². The lowest BCUT2D eigenvalue weighted by atomic mass is 9.91. The van der Waals surface area contributed by atoms with Crippen molar-refractivity contribution in [2.45, 2.75) is 39.2 Å². The van der Waals surface area contributed by atoms with Crippen LogP contribution in [0, 0.1) is 0 Å². The minimum atomic E-state index is -0.448. The van der Waals surface area contributed by atoms with Crippen molar-refractivity contribution in [3.05, 3.63) is 10.6 Å². The van der Waals surface area contributed by atoms with Crippen molar-refractivity contribution >= 4 is 23.3 Å². The third kappa shape index (κ3) is 2.60. The number of carbonyl (C=O) groups excluding carboxylic acids is 2. The Morgan fingerprint density at radius 3 is 2.79 bits per heavy atom. The zero-order valence-electron chi connectivity index (χ0n) is 11.6. The number of hydrogen-bond acceptors (Lipinski definition) is 5. The first-order valence-electron chi connectivity index (χ1n) is 6.24. The van der Waals surface area contributed by atoms with Gasteiger partial charge in [0, 0.05) is 18.5 Å². The van der Waals surface area contributed by atoms with Crippen molar-refractivity contribution in [2.24, 2.45) is 0 Å². The van der Waals surface area contributed by atoms with Gasteiger partial charge in [-0.05, 0) is 18.5 Å². The Morgan fingerprint density at radius 1 is 1.47 bits per heavy atom. The minimum Gasteiger partial charge on any atom is -0.353 e. The molecule has 0 radical (unpaired) electrons. The second-order valence-electron chi connectivity index (χ2n) is 5.67. The van der Waals surface area contributed by atoms with Crippen LogP contribution >= 0.6 is 11.5 Å². The van der Waals surface area contributed by atoms with Gasteiger partial charge in [0.1, 0.15) is 10.9 Å². The molecule has 1 aliphatic heterocycles. The van der Waals surface area contributed by atoms with E-state index in [1.54, 1.807) is 11.8 Å². The Labute approximate surface area is 116 Å². The number of amides is 2. The predicted molar refractivity (Wildman–Crippen MR) is 72.1 cm³/mol. The number of nitrogens with zero attached hydrogens (tertiary/aromatic N) is 3. The van der Waals surface area contributed by atoms with E-state index >= 15 is 0 Å². The fraction of sp³-hybridized carbons (Fsp3) is 0.667. The van der Waals surface area contributed by atoms with Crippen molar-refractivity contribution in [1.29, 1.82) is 0 Å². The molecule has 7 heteroatoms. The van der Waals surface area contributed by atoms with Crippen LogP contribution in [0.4, 0.5) is 0 Å². The largest absolute Gasteiger partial charge is 0.353 e. The van der Waals surface area contributed by atoms with E-state index in [0.29, 0.717) is 23.7 Å². The molecule has 1 aromatic heterocycles. The molecule has 0 aromatic carbocycles. The van der Waals surface area contributed by atoms with Crippen LogP contribution in [0.2, 0.25) is 0 Å². The van der Waals surface area contributed by atoms with E-state index in [1.165, 1.54) is 0 Å². The Hall–Kier alpha value is -1.50. The standard InChI is InChI=1S/C12H18N4O2S/c1-7-10(17)13-5-6-16(7)11(18)8-9(12(2,3)4)14-15-19-8/h7H,5-6H2,1-4H3,(H,13,17). The average Bonchev–Trinajstić information content (AvgIpc) is 2.80. The molecule has 1 aromatic rings. The van der Waals surface area contributed by atoms with Gasteiger partial charge in [0.15, 0.2) is 0 Å². The first-order chi connectivity index (χ1) is 8.82. The molecule has 1 aliphatic rings. The lowest BCUT2D eigenvalue weighted by molar-refractivity contribution is -0.127. The normalized spacial score (nSPS) is 20.3. The zero-order chi connectivity index (χ0) is 14.2. The minimum absolute atomic E-state index is 0.116. The average molecular weight is 282 g/mol. The van der Waals surface area contributed by atoms with E-state index in [9.17, 15) is 9.59 Å². The van der Waals surface area contributed by atoms with Crippen molar-refractivity contribution < 1.29 is 9.59 Å². The summed E-state index contributed by atoms with van der Waals surface area (Å²) in [7, 11) is 0. The number of carbonyl (C=O) groups is 2. The van der Waals surface area contributed by atoms with Gasteiger partial charge in [0.05, 0.1) is 5.69 Å². The third-order valence-corrected chi connectivity index (χ3v) is 3.87. The molecular weight excluding hydrogens is 264 g/mol. The Balaban J connectivity index is 2.30. The van der Waals surface area contributed by atoms with E-state index in [4.69, 9.17) is 0 Å². The first kappa shape index (κ1) is 13.9. The summed E-state index contributed by atoms with van der Waals surface area (Å²) in [5.74, 6) is -0.267. The number of rotatable bonds is 1. The molecular formula is C12H18N4O2S. The van der Waals surface area contributed by atoms with Crippen molar-refractivity contribution in [3.63, 3.8) is 0 Å². The second kappa shape index (κ2) is 4.88. The monoisotopic (exact) mass is 282 g/mol. The number of hydrogen-bond donors (Lipinski definition) is 1. The summed E-state index contributed by atoms with van der Waals surface area (Å²) < 4.78 is 3.89. The van der Waals surface area contributed by atoms with Crippen LogP contribution in [0.1, 0.15) is 43.1 Å². The fourth-order valence-corrected chi connectivity index (χ4v) is 2.84. The van der Waals surface area contributed by atoms with Gasteiger partial charge in [-0.3, -0.25) is 9.59 Å². The number of piperazine rings is 1. The number of nitrogens with one attached hydrogen (secondary N) is 1. The van der Waals surface area contributed by atoms with Gasteiger partial charge in [-0.1, -0.05) is 25.3 Å². The predicted octanol–water partition coefficient (Wildman–Crippen LogP) is 0.796. The maximum atomic E-state index is 12.6. The molecule has 1 N–H and O–H groups in total. The molecule has 1 fully saturated rings. The molecule has 0 spiro atoms. The van der Waals surface area contributed by atoms with E-state index in [0.717, 1.165) is 11.5 Å². The van der Waals surface area contributed by atoms with Crippen LogP contribution in [-0.2, 0) is 10.2 Å². The topological polar surface area (TPSA) is 75.2 Å². The third-order valence-electron chi connectivity index (χ3n) is 3.15. The summed E-state index contributed by atoms with van der Waals surface area (Å²) >= 11 is 1.10. The quantitative estimate of drug-likeness (QED) is 0.826. The summed E-state index contributed by atoms with van der Waals surface area (Å²) in [5.41, 5.74) is 0.458. The Bertz CT molecular complexity index is 506. The molecule has 0 saturated carbocycles. The molecule has 0 bridgehead atoms. The highest BCUT2D eigenvalue weighted by molar-refractivity contribution is 7.08. The lowest BCUT2D eigenvalue weighted by Gasteiger charge is -2.32. The molecule has 104 valence electrons. The van der Waals surface area contributed by atoms with Gasteiger partial charge < -0.3 is 10.2 Å². The molecule has 1 saturated heterocycles. The zero-order valence-corrected chi connectivity index (χ0v) is 12.4. The molecule has 0 aliphatic carbocycles. The molecule has 2 amide bonds. The summed E-state index contributed by atoms with van der Waals surface area (Å²) in [6, 6.07) is -0.448. The molecule has 1 atom stereocenters. The summed E-state index contributed by atoms with van der Waals surface area (Å²) in [5, 5.41) is 6.81. The Morgan fingerprint density at radius 2 is 2.16 bits per heavy atom. The maximum Gasteiger partial charge on any atom is 0.268 e. The number of aromatic nitrogens is 2. The molecule has 19 heavy (non-hydrogen) atoms. The van der Waals surface area contributed by atoms with E-state index in [2.05, 4.69) is 14.9 Å². The Kier molecular flexibility index (Phi) is 3.58. The van der Waals surface area contributed by atoms with Crippen LogP contribution in [0.5, 0.6) is 0 Å².